The van der Waals surface area contributed by atoms with Gasteiger partial charge in [-0.05, 0) is 18.8 Å². The molecule has 0 N–H and O–H groups in total. The third-order valence-electron chi connectivity index (χ3n) is 2.61. The standard InChI is InChI=1S/C11H21NO2/c1-4-5-6-11(8-14-11)12(9-13)7-10(2)3/h9-10H,4-8H2,1-3H3. The van der Waals surface area contributed by atoms with E-state index in [0.29, 0.717) is 5.92 Å². The van der Waals surface area contributed by atoms with Crippen molar-refractivity contribution < 1.29 is 9.53 Å². The summed E-state index contributed by atoms with van der Waals surface area (Å²) in [5.74, 6) is 0.503. The highest BCUT2D eigenvalue weighted by molar-refractivity contribution is 5.49. The minimum Gasteiger partial charge on any atom is -0.348 e. The van der Waals surface area contributed by atoms with Crippen LogP contribution >= 0.6 is 0 Å². The lowest BCUT2D eigenvalue weighted by Gasteiger charge is -2.26. The Morgan fingerprint density at radius 1 is 1.57 bits per heavy atom. The van der Waals surface area contributed by atoms with Crippen molar-refractivity contribution in [3.05, 3.63) is 0 Å². The number of nitrogens with zero attached hydrogens (tertiary/aromatic N) is 1. The zero-order chi connectivity index (χ0) is 10.6. The summed E-state index contributed by atoms with van der Waals surface area (Å²) in [6.45, 7) is 7.91. The average Bonchev–Trinajstić information content (AvgIpc) is 2.92. The van der Waals surface area contributed by atoms with Crippen molar-refractivity contribution in [3.8, 4) is 0 Å². The predicted octanol–water partition coefficient (Wildman–Crippen LogP) is 2.02. The smallest absolute Gasteiger partial charge is 0.212 e. The maximum Gasteiger partial charge on any atom is 0.212 e. The number of amides is 1. The lowest BCUT2D eigenvalue weighted by molar-refractivity contribution is -0.124. The second-order valence-electron chi connectivity index (χ2n) is 4.49. The molecule has 0 aliphatic carbocycles. The lowest BCUT2D eigenvalue weighted by atomic mass is 10.1. The van der Waals surface area contributed by atoms with Crippen molar-refractivity contribution >= 4 is 6.41 Å². The van der Waals surface area contributed by atoms with Gasteiger partial charge in [0.25, 0.3) is 0 Å². The van der Waals surface area contributed by atoms with E-state index in [2.05, 4.69) is 20.8 Å². The summed E-state index contributed by atoms with van der Waals surface area (Å²) in [6, 6.07) is 0. The van der Waals surface area contributed by atoms with E-state index in [1.807, 2.05) is 4.90 Å². The zero-order valence-corrected chi connectivity index (χ0v) is 9.45. The molecule has 14 heavy (non-hydrogen) atoms. The van der Waals surface area contributed by atoms with Gasteiger partial charge >= 0.3 is 0 Å². The van der Waals surface area contributed by atoms with Crippen LogP contribution < -0.4 is 0 Å². The average molecular weight is 199 g/mol. The molecule has 1 fully saturated rings. The Labute approximate surface area is 86.4 Å². The van der Waals surface area contributed by atoms with Crippen LogP contribution in [0.5, 0.6) is 0 Å². The zero-order valence-electron chi connectivity index (χ0n) is 9.45. The van der Waals surface area contributed by atoms with E-state index in [9.17, 15) is 4.79 Å². The molecule has 1 unspecified atom stereocenters. The number of carbonyl (C=O) groups excluding carboxylic acids is 1. The molecule has 1 rings (SSSR count). The molecule has 1 atom stereocenters. The molecular weight excluding hydrogens is 178 g/mol. The van der Waals surface area contributed by atoms with Crippen molar-refractivity contribution in [2.24, 2.45) is 5.92 Å². The van der Waals surface area contributed by atoms with Gasteiger partial charge in [-0.3, -0.25) is 4.79 Å². The van der Waals surface area contributed by atoms with E-state index in [-0.39, 0.29) is 5.72 Å². The number of carbonyl (C=O) groups is 1. The van der Waals surface area contributed by atoms with Crippen LogP contribution in [0.2, 0.25) is 0 Å². The monoisotopic (exact) mass is 199 g/mol. The molecule has 1 aliphatic heterocycles. The van der Waals surface area contributed by atoms with Gasteiger partial charge in [-0.15, -0.1) is 0 Å². The Kier molecular flexibility index (Phi) is 3.93. The molecule has 3 nitrogen and oxygen atoms in total. The molecule has 1 saturated heterocycles. The first-order valence-corrected chi connectivity index (χ1v) is 5.50. The molecule has 0 radical (unpaired) electrons. The summed E-state index contributed by atoms with van der Waals surface area (Å²) in [7, 11) is 0. The summed E-state index contributed by atoms with van der Waals surface area (Å²) >= 11 is 0. The second kappa shape index (κ2) is 4.78. The third kappa shape index (κ3) is 2.71. The summed E-state index contributed by atoms with van der Waals surface area (Å²) < 4.78 is 5.45. The Hall–Kier alpha value is -0.570. The molecule has 0 saturated carbocycles. The van der Waals surface area contributed by atoms with E-state index in [1.54, 1.807) is 0 Å². The Morgan fingerprint density at radius 2 is 2.21 bits per heavy atom. The van der Waals surface area contributed by atoms with Gasteiger partial charge in [0.15, 0.2) is 5.72 Å². The number of hydrogen-bond acceptors (Lipinski definition) is 2. The van der Waals surface area contributed by atoms with Crippen LogP contribution in [0.25, 0.3) is 0 Å². The maximum atomic E-state index is 10.9. The fraction of sp³-hybridized carbons (Fsp3) is 0.909. The number of ether oxygens (including phenoxy) is 1. The van der Waals surface area contributed by atoms with Gasteiger partial charge in [-0.2, -0.15) is 0 Å². The van der Waals surface area contributed by atoms with E-state index < -0.39 is 0 Å². The second-order valence-corrected chi connectivity index (χ2v) is 4.49. The summed E-state index contributed by atoms with van der Waals surface area (Å²) in [6.07, 6.45) is 4.19. The largest absolute Gasteiger partial charge is 0.348 e. The summed E-state index contributed by atoms with van der Waals surface area (Å²) in [5.41, 5.74) is -0.234. The highest BCUT2D eigenvalue weighted by atomic mass is 16.6. The van der Waals surface area contributed by atoms with E-state index >= 15 is 0 Å². The fourth-order valence-electron chi connectivity index (χ4n) is 1.69. The first-order valence-electron chi connectivity index (χ1n) is 5.50. The number of epoxide rings is 1. The molecule has 1 aliphatic rings. The van der Waals surface area contributed by atoms with Gasteiger partial charge in [-0.25, -0.2) is 0 Å². The van der Waals surface area contributed by atoms with Gasteiger partial charge in [0.05, 0.1) is 6.61 Å². The van der Waals surface area contributed by atoms with Crippen LogP contribution in [0.1, 0.15) is 40.0 Å². The first kappa shape index (κ1) is 11.5. The van der Waals surface area contributed by atoms with Crippen molar-refractivity contribution in [3.63, 3.8) is 0 Å². The molecule has 0 spiro atoms. The Balaban J connectivity index is 2.46. The predicted molar refractivity (Wildman–Crippen MR) is 55.8 cm³/mol. The van der Waals surface area contributed by atoms with Crippen LogP contribution in [0.15, 0.2) is 0 Å². The van der Waals surface area contributed by atoms with Crippen LogP contribution in [-0.4, -0.2) is 30.2 Å². The van der Waals surface area contributed by atoms with Crippen molar-refractivity contribution in [2.45, 2.75) is 45.8 Å². The van der Waals surface area contributed by atoms with E-state index in [1.165, 1.54) is 0 Å². The molecule has 82 valence electrons. The molecule has 0 bridgehead atoms. The molecule has 1 heterocycles. The van der Waals surface area contributed by atoms with Gasteiger partial charge in [0, 0.05) is 6.54 Å². The molecule has 0 aromatic heterocycles. The SMILES string of the molecule is CCCCC1(N(C=O)CC(C)C)CO1. The molecule has 1 amide bonds. The van der Waals surface area contributed by atoms with Crippen LogP contribution in [0.4, 0.5) is 0 Å². The maximum absolute atomic E-state index is 10.9. The van der Waals surface area contributed by atoms with Crippen LogP contribution in [-0.2, 0) is 9.53 Å². The molecule has 3 heteroatoms. The fourth-order valence-corrected chi connectivity index (χ4v) is 1.69. The van der Waals surface area contributed by atoms with Crippen LogP contribution in [0, 0.1) is 5.92 Å². The number of unbranched alkanes of at least 4 members (excludes halogenated alkanes) is 1. The normalized spacial score (nSPS) is 25.1. The minimum absolute atomic E-state index is 0.234. The first-order chi connectivity index (χ1) is 6.64. The highest BCUT2D eigenvalue weighted by Crippen LogP contribution is 2.36. The van der Waals surface area contributed by atoms with Gasteiger partial charge in [0.2, 0.25) is 6.41 Å². The van der Waals surface area contributed by atoms with Crippen molar-refractivity contribution in [2.75, 3.05) is 13.2 Å². The van der Waals surface area contributed by atoms with Crippen molar-refractivity contribution in [1.82, 2.24) is 4.90 Å². The number of hydrogen-bond donors (Lipinski definition) is 0. The quantitative estimate of drug-likeness (QED) is 0.464. The van der Waals surface area contributed by atoms with Crippen molar-refractivity contribution in [1.29, 1.82) is 0 Å². The molecule has 0 aromatic carbocycles. The van der Waals surface area contributed by atoms with Gasteiger partial charge in [-0.1, -0.05) is 27.2 Å². The topological polar surface area (TPSA) is 32.8 Å². The summed E-state index contributed by atoms with van der Waals surface area (Å²) in [5, 5.41) is 0. The van der Waals surface area contributed by atoms with Gasteiger partial charge < -0.3 is 9.64 Å². The molecule has 0 aromatic rings. The lowest BCUT2D eigenvalue weighted by Crippen LogP contribution is -2.40. The third-order valence-corrected chi connectivity index (χ3v) is 2.61. The van der Waals surface area contributed by atoms with Gasteiger partial charge in [0.1, 0.15) is 0 Å². The minimum atomic E-state index is -0.234. The van der Waals surface area contributed by atoms with E-state index in [4.69, 9.17) is 4.74 Å². The summed E-state index contributed by atoms with van der Waals surface area (Å²) in [4.78, 5) is 12.8. The van der Waals surface area contributed by atoms with Crippen LogP contribution in [0.3, 0.4) is 0 Å². The molecular formula is C11H21NO2. The Bertz CT molecular complexity index is 188. The highest BCUT2D eigenvalue weighted by Gasteiger charge is 2.49. The number of rotatable bonds is 7. The van der Waals surface area contributed by atoms with E-state index in [0.717, 1.165) is 38.8 Å². The Morgan fingerprint density at radius 3 is 2.57 bits per heavy atom.